The lowest BCUT2D eigenvalue weighted by molar-refractivity contribution is 0.227. The molecule has 0 aliphatic carbocycles. The van der Waals surface area contributed by atoms with Gasteiger partial charge >= 0.3 is 0 Å². The first-order valence-electron chi connectivity index (χ1n) is 10.8. The number of fused-ring (bicyclic) bond motifs is 1. The fraction of sp³-hybridized carbons (Fsp3) is 0.280. The van der Waals surface area contributed by atoms with Crippen LogP contribution in [-0.4, -0.2) is 53.1 Å². The molecule has 4 aromatic rings. The molecule has 1 N–H and O–H groups in total. The van der Waals surface area contributed by atoms with Crippen molar-refractivity contribution in [3.05, 3.63) is 72.6 Å². The molecule has 6 nitrogen and oxygen atoms in total. The average molecular weight is 414 g/mol. The lowest BCUT2D eigenvalue weighted by Gasteiger charge is -2.33. The van der Waals surface area contributed by atoms with Crippen molar-refractivity contribution >= 4 is 16.9 Å². The van der Waals surface area contributed by atoms with Crippen LogP contribution in [0.1, 0.15) is 18.6 Å². The number of nitrogens with zero attached hydrogens (tertiary/aromatic N) is 4. The van der Waals surface area contributed by atoms with Crippen molar-refractivity contribution in [3.8, 4) is 17.0 Å². The van der Waals surface area contributed by atoms with Crippen LogP contribution in [-0.2, 0) is 0 Å². The molecule has 1 aliphatic heterocycles. The second-order valence-electron chi connectivity index (χ2n) is 8.13. The van der Waals surface area contributed by atoms with Crippen molar-refractivity contribution in [2.75, 3.05) is 38.1 Å². The molecule has 0 radical (unpaired) electrons. The topological polar surface area (TPSA) is 57.3 Å². The molecular weight excluding hydrogens is 386 g/mol. The Kier molecular flexibility index (Phi) is 5.30. The molecule has 1 aliphatic rings. The van der Waals surface area contributed by atoms with Gasteiger partial charge in [-0.1, -0.05) is 30.3 Å². The number of nitrogens with one attached hydrogen (secondary N) is 1. The number of piperazine rings is 1. The van der Waals surface area contributed by atoms with E-state index in [9.17, 15) is 0 Å². The van der Waals surface area contributed by atoms with Gasteiger partial charge in [-0.05, 0) is 55.4 Å². The molecule has 1 atom stereocenters. The fourth-order valence-corrected chi connectivity index (χ4v) is 4.06. The van der Waals surface area contributed by atoms with Gasteiger partial charge in [0.25, 0.3) is 0 Å². The summed E-state index contributed by atoms with van der Waals surface area (Å²) in [5.41, 5.74) is 4.17. The van der Waals surface area contributed by atoms with Crippen molar-refractivity contribution in [1.29, 1.82) is 0 Å². The van der Waals surface area contributed by atoms with Crippen LogP contribution in [0.25, 0.3) is 22.3 Å². The van der Waals surface area contributed by atoms with Crippen molar-refractivity contribution < 1.29 is 4.74 Å². The molecule has 5 rings (SSSR count). The van der Waals surface area contributed by atoms with Crippen LogP contribution in [0.5, 0.6) is 5.75 Å². The van der Waals surface area contributed by atoms with Gasteiger partial charge in [0.1, 0.15) is 29.6 Å². The maximum absolute atomic E-state index is 6.11. The minimum atomic E-state index is 0.00143. The van der Waals surface area contributed by atoms with Gasteiger partial charge in [-0.3, -0.25) is 0 Å². The molecule has 0 unspecified atom stereocenters. The first kappa shape index (κ1) is 19.6. The van der Waals surface area contributed by atoms with E-state index in [4.69, 9.17) is 4.74 Å². The lowest BCUT2D eigenvalue weighted by Crippen LogP contribution is -2.44. The molecule has 6 heteroatoms. The van der Waals surface area contributed by atoms with Crippen LogP contribution in [0.3, 0.4) is 0 Å². The second-order valence-corrected chi connectivity index (χ2v) is 8.13. The van der Waals surface area contributed by atoms with Gasteiger partial charge < -0.3 is 19.5 Å². The molecule has 158 valence electrons. The number of anilines is 1. The average Bonchev–Trinajstić information content (AvgIpc) is 3.25. The van der Waals surface area contributed by atoms with Gasteiger partial charge in [-0.2, -0.15) is 0 Å². The molecule has 31 heavy (non-hydrogen) atoms. The second kappa shape index (κ2) is 8.40. The molecule has 1 saturated heterocycles. The van der Waals surface area contributed by atoms with Gasteiger partial charge in [0.2, 0.25) is 0 Å². The largest absolute Gasteiger partial charge is 0.486 e. The first-order valence-corrected chi connectivity index (χ1v) is 10.8. The highest BCUT2D eigenvalue weighted by Gasteiger charge is 2.19. The number of hydrogen-bond donors (Lipinski definition) is 1. The number of aromatic amines is 1. The molecule has 0 saturated carbocycles. The highest BCUT2D eigenvalue weighted by molar-refractivity contribution is 5.92. The normalized spacial score (nSPS) is 15.9. The monoisotopic (exact) mass is 413 g/mol. The van der Waals surface area contributed by atoms with E-state index in [1.807, 2.05) is 30.3 Å². The quantitative estimate of drug-likeness (QED) is 0.521. The van der Waals surface area contributed by atoms with E-state index in [1.165, 1.54) is 0 Å². The summed E-state index contributed by atoms with van der Waals surface area (Å²) in [6.45, 7) is 6.13. The Morgan fingerprint density at radius 2 is 1.68 bits per heavy atom. The van der Waals surface area contributed by atoms with E-state index < -0.39 is 0 Å². The van der Waals surface area contributed by atoms with E-state index in [0.717, 1.165) is 65.6 Å². The van der Waals surface area contributed by atoms with Crippen molar-refractivity contribution in [3.63, 3.8) is 0 Å². The van der Waals surface area contributed by atoms with Gasteiger partial charge in [0, 0.05) is 31.9 Å². The SMILES string of the molecule is C[C@H](Oc1ccc(-c2cc3c(N4CCN(C)CC4)ncnc3[nH]2)cc1)c1ccccc1. The summed E-state index contributed by atoms with van der Waals surface area (Å²) in [6.07, 6.45) is 1.65. The molecule has 0 spiro atoms. The van der Waals surface area contributed by atoms with Crippen LogP contribution >= 0.6 is 0 Å². The lowest BCUT2D eigenvalue weighted by atomic mass is 10.1. The van der Waals surface area contributed by atoms with Crippen molar-refractivity contribution in [2.45, 2.75) is 13.0 Å². The number of likely N-dealkylation sites (N-methyl/N-ethyl adjacent to an activating group) is 1. The Labute approximate surface area is 182 Å². The number of aromatic nitrogens is 3. The molecule has 2 aromatic heterocycles. The predicted molar refractivity (Wildman–Crippen MR) is 125 cm³/mol. The third-order valence-corrected chi connectivity index (χ3v) is 5.95. The van der Waals surface area contributed by atoms with E-state index in [1.54, 1.807) is 6.33 Å². The van der Waals surface area contributed by atoms with E-state index >= 15 is 0 Å². The van der Waals surface area contributed by atoms with Crippen LogP contribution in [0.15, 0.2) is 67.0 Å². The number of benzene rings is 2. The maximum atomic E-state index is 6.11. The Bertz CT molecular complexity index is 1150. The van der Waals surface area contributed by atoms with E-state index in [-0.39, 0.29) is 6.10 Å². The third kappa shape index (κ3) is 4.11. The van der Waals surface area contributed by atoms with Gasteiger partial charge in [-0.25, -0.2) is 9.97 Å². The van der Waals surface area contributed by atoms with Crippen LogP contribution in [0.4, 0.5) is 5.82 Å². The maximum Gasteiger partial charge on any atom is 0.143 e. The summed E-state index contributed by atoms with van der Waals surface area (Å²) in [7, 11) is 2.16. The summed E-state index contributed by atoms with van der Waals surface area (Å²) >= 11 is 0. The van der Waals surface area contributed by atoms with Crippen LogP contribution < -0.4 is 9.64 Å². The Balaban J connectivity index is 1.36. The molecule has 0 amide bonds. The molecule has 1 fully saturated rings. The summed E-state index contributed by atoms with van der Waals surface area (Å²) in [5, 5.41) is 1.07. The van der Waals surface area contributed by atoms with E-state index in [0.29, 0.717) is 0 Å². The number of rotatable bonds is 5. The summed E-state index contributed by atoms with van der Waals surface area (Å²) < 4.78 is 6.11. The first-order chi connectivity index (χ1) is 15.2. The van der Waals surface area contributed by atoms with Crippen molar-refractivity contribution in [1.82, 2.24) is 19.9 Å². The van der Waals surface area contributed by atoms with Crippen LogP contribution in [0, 0.1) is 0 Å². The van der Waals surface area contributed by atoms with Crippen molar-refractivity contribution in [2.24, 2.45) is 0 Å². The van der Waals surface area contributed by atoms with E-state index in [2.05, 4.69) is 69.1 Å². The third-order valence-electron chi connectivity index (χ3n) is 5.95. The highest BCUT2D eigenvalue weighted by atomic mass is 16.5. The molecule has 0 bridgehead atoms. The van der Waals surface area contributed by atoms with Crippen LogP contribution in [0.2, 0.25) is 0 Å². The predicted octanol–water partition coefficient (Wildman–Crippen LogP) is 4.52. The molecular formula is C25H27N5O. The standard InChI is InChI=1S/C25H27N5O/c1-18(19-6-4-3-5-7-19)31-21-10-8-20(9-11-21)23-16-22-24(28-23)26-17-27-25(22)30-14-12-29(2)13-15-30/h3-11,16-18H,12-15H2,1-2H3,(H,26,27,28)/t18-/m0/s1. The number of hydrogen-bond acceptors (Lipinski definition) is 5. The zero-order chi connectivity index (χ0) is 21.2. The molecule has 3 heterocycles. The Morgan fingerprint density at radius 3 is 2.42 bits per heavy atom. The number of ether oxygens (including phenoxy) is 1. The van der Waals surface area contributed by atoms with Gasteiger partial charge in [-0.15, -0.1) is 0 Å². The summed E-state index contributed by atoms with van der Waals surface area (Å²) in [6, 6.07) is 20.6. The highest BCUT2D eigenvalue weighted by Crippen LogP contribution is 2.30. The smallest absolute Gasteiger partial charge is 0.143 e. The van der Waals surface area contributed by atoms with Gasteiger partial charge in [0.15, 0.2) is 0 Å². The number of H-pyrrole nitrogens is 1. The minimum Gasteiger partial charge on any atom is -0.486 e. The zero-order valence-electron chi connectivity index (χ0n) is 18.0. The van der Waals surface area contributed by atoms with Gasteiger partial charge in [0.05, 0.1) is 5.39 Å². The summed E-state index contributed by atoms with van der Waals surface area (Å²) in [5.74, 6) is 1.87. The fourth-order valence-electron chi connectivity index (χ4n) is 4.06. The zero-order valence-corrected chi connectivity index (χ0v) is 18.0. The Morgan fingerprint density at radius 1 is 0.935 bits per heavy atom. The Hall–Kier alpha value is -3.38. The summed E-state index contributed by atoms with van der Waals surface area (Å²) in [4.78, 5) is 17.2. The minimum absolute atomic E-state index is 0.00143. The molecule has 2 aromatic carbocycles.